The van der Waals surface area contributed by atoms with Gasteiger partial charge in [0.15, 0.2) is 5.11 Å². The zero-order valence-corrected chi connectivity index (χ0v) is 8.10. The summed E-state index contributed by atoms with van der Waals surface area (Å²) in [5.41, 5.74) is 3.57. The van der Waals surface area contributed by atoms with Gasteiger partial charge in [0, 0.05) is 12.1 Å². The monoisotopic (exact) mass is 197 g/mol. The van der Waals surface area contributed by atoms with Gasteiger partial charge in [0.25, 0.3) is 0 Å². The fourth-order valence-electron chi connectivity index (χ4n) is 0.714. The Labute approximate surface area is 82.0 Å². The summed E-state index contributed by atoms with van der Waals surface area (Å²) in [5, 5.41) is 7.32. The van der Waals surface area contributed by atoms with Gasteiger partial charge in [0.2, 0.25) is 0 Å². The van der Waals surface area contributed by atoms with E-state index < -0.39 is 0 Å². The second-order valence-corrected chi connectivity index (χ2v) is 2.69. The van der Waals surface area contributed by atoms with Crippen LogP contribution >= 0.6 is 12.2 Å². The lowest BCUT2D eigenvalue weighted by molar-refractivity contribution is 0.567. The highest BCUT2D eigenvalue weighted by atomic mass is 32.1. The Kier molecular flexibility index (Phi) is 3.98. The predicted molar refractivity (Wildman–Crippen MR) is 55.7 cm³/mol. The molecule has 0 saturated carbocycles. The van der Waals surface area contributed by atoms with Gasteiger partial charge >= 0.3 is 0 Å². The topological polar surface area (TPSA) is 49.6 Å². The smallest absolute Gasteiger partial charge is 0.186 e. The minimum atomic E-state index is 0.516. The molecule has 1 heterocycles. The summed E-state index contributed by atoms with van der Waals surface area (Å²) in [7, 11) is 0. The lowest BCUT2D eigenvalue weighted by Crippen LogP contribution is -2.31. The molecule has 1 aromatic rings. The molecule has 0 aromatic carbocycles. The van der Waals surface area contributed by atoms with Crippen molar-refractivity contribution in [3.8, 4) is 0 Å². The van der Waals surface area contributed by atoms with Gasteiger partial charge in [-0.1, -0.05) is 0 Å². The number of hydrogen-bond acceptors (Lipinski definition) is 3. The first kappa shape index (κ1) is 9.73. The molecule has 0 atom stereocenters. The van der Waals surface area contributed by atoms with E-state index in [0.717, 1.165) is 12.1 Å². The molecule has 0 amide bonds. The number of nitrogens with one attached hydrogen (secondary N) is 2. The molecule has 0 spiro atoms. The van der Waals surface area contributed by atoms with Crippen LogP contribution in [0.1, 0.15) is 12.5 Å². The largest absolute Gasteiger partial charge is 0.472 e. The van der Waals surface area contributed by atoms with Crippen LogP contribution in [0.15, 0.2) is 28.1 Å². The predicted octanol–water partition coefficient (Wildman–Crippen LogP) is 1.10. The maximum atomic E-state index is 4.89. The number of furan rings is 1. The summed E-state index contributed by atoms with van der Waals surface area (Å²) < 4.78 is 4.85. The SMILES string of the molecule is CCNC(=S)NN=Cc1ccoc1. The molecule has 13 heavy (non-hydrogen) atoms. The molecule has 1 aromatic heterocycles. The second kappa shape index (κ2) is 5.31. The van der Waals surface area contributed by atoms with Gasteiger partial charge in [-0.3, -0.25) is 5.43 Å². The summed E-state index contributed by atoms with van der Waals surface area (Å²) in [5.74, 6) is 0. The number of rotatable bonds is 3. The van der Waals surface area contributed by atoms with E-state index in [9.17, 15) is 0 Å². The quantitative estimate of drug-likeness (QED) is 0.433. The highest BCUT2D eigenvalue weighted by Gasteiger charge is 1.89. The molecular formula is C8H11N3OS. The van der Waals surface area contributed by atoms with Gasteiger partial charge in [-0.15, -0.1) is 0 Å². The van der Waals surface area contributed by atoms with E-state index >= 15 is 0 Å². The van der Waals surface area contributed by atoms with E-state index in [1.807, 2.05) is 13.0 Å². The van der Waals surface area contributed by atoms with Crippen molar-refractivity contribution < 1.29 is 4.42 Å². The van der Waals surface area contributed by atoms with Gasteiger partial charge in [0.1, 0.15) is 0 Å². The Bertz CT molecular complexity index is 282. The Hall–Kier alpha value is -1.36. The average Bonchev–Trinajstić information content (AvgIpc) is 2.57. The molecule has 0 bridgehead atoms. The van der Waals surface area contributed by atoms with Crippen LogP contribution in [0, 0.1) is 0 Å². The minimum absolute atomic E-state index is 0.516. The molecule has 0 aliphatic rings. The Morgan fingerprint density at radius 1 is 1.77 bits per heavy atom. The van der Waals surface area contributed by atoms with Gasteiger partial charge in [-0.25, -0.2) is 0 Å². The summed E-state index contributed by atoms with van der Waals surface area (Å²) in [6, 6.07) is 1.81. The van der Waals surface area contributed by atoms with Crippen LogP contribution in [0.25, 0.3) is 0 Å². The number of hydrogen-bond donors (Lipinski definition) is 2. The third-order valence-corrected chi connectivity index (χ3v) is 1.50. The first-order chi connectivity index (χ1) is 6.33. The van der Waals surface area contributed by atoms with E-state index in [1.54, 1.807) is 18.7 Å². The second-order valence-electron chi connectivity index (χ2n) is 2.29. The van der Waals surface area contributed by atoms with E-state index in [1.165, 1.54) is 0 Å². The van der Waals surface area contributed by atoms with Gasteiger partial charge in [-0.2, -0.15) is 5.10 Å². The highest BCUT2D eigenvalue weighted by Crippen LogP contribution is 1.94. The van der Waals surface area contributed by atoms with Crippen molar-refractivity contribution in [1.82, 2.24) is 10.7 Å². The number of nitrogens with zero attached hydrogens (tertiary/aromatic N) is 1. The molecule has 2 N–H and O–H groups in total. The lowest BCUT2D eigenvalue weighted by atomic mass is 10.4. The van der Waals surface area contributed by atoms with E-state index in [2.05, 4.69) is 15.8 Å². The average molecular weight is 197 g/mol. The maximum Gasteiger partial charge on any atom is 0.186 e. The van der Waals surface area contributed by atoms with Gasteiger partial charge in [0.05, 0.1) is 18.7 Å². The Balaban J connectivity index is 2.30. The molecule has 0 unspecified atom stereocenters. The molecule has 1 rings (SSSR count). The van der Waals surface area contributed by atoms with E-state index in [4.69, 9.17) is 16.6 Å². The van der Waals surface area contributed by atoms with Crippen LogP contribution in [-0.2, 0) is 0 Å². The zero-order valence-electron chi connectivity index (χ0n) is 7.28. The molecular weight excluding hydrogens is 186 g/mol. The van der Waals surface area contributed by atoms with Crippen LogP contribution in [0.3, 0.4) is 0 Å². The maximum absolute atomic E-state index is 4.89. The standard InChI is InChI=1S/C8H11N3OS/c1-2-9-8(13)11-10-5-7-3-4-12-6-7/h3-6H,2H2,1H3,(H2,9,11,13). The van der Waals surface area contributed by atoms with Gasteiger partial charge in [-0.05, 0) is 25.2 Å². The fourth-order valence-corrected chi connectivity index (χ4v) is 0.911. The van der Waals surface area contributed by atoms with Crippen molar-refractivity contribution in [1.29, 1.82) is 0 Å². The van der Waals surface area contributed by atoms with Crippen LogP contribution < -0.4 is 10.7 Å². The van der Waals surface area contributed by atoms with Crippen LogP contribution in [0.2, 0.25) is 0 Å². The molecule has 5 heteroatoms. The minimum Gasteiger partial charge on any atom is -0.472 e. The van der Waals surface area contributed by atoms with Crippen molar-refractivity contribution in [2.45, 2.75) is 6.92 Å². The lowest BCUT2D eigenvalue weighted by Gasteiger charge is -2.01. The van der Waals surface area contributed by atoms with Gasteiger partial charge < -0.3 is 9.73 Å². The molecule has 70 valence electrons. The summed E-state index contributed by atoms with van der Waals surface area (Å²) in [6.07, 6.45) is 4.82. The third-order valence-electron chi connectivity index (χ3n) is 1.26. The molecule has 4 nitrogen and oxygen atoms in total. The first-order valence-corrected chi connectivity index (χ1v) is 4.33. The van der Waals surface area contributed by atoms with Crippen molar-refractivity contribution in [2.24, 2.45) is 5.10 Å². The number of hydrazone groups is 1. The fraction of sp³-hybridized carbons (Fsp3) is 0.250. The molecule has 0 saturated heterocycles. The summed E-state index contributed by atoms with van der Waals surface area (Å²) in [4.78, 5) is 0. The first-order valence-electron chi connectivity index (χ1n) is 3.92. The third kappa shape index (κ3) is 3.71. The normalized spacial score (nSPS) is 10.2. The van der Waals surface area contributed by atoms with Crippen molar-refractivity contribution in [3.63, 3.8) is 0 Å². The summed E-state index contributed by atoms with van der Waals surface area (Å²) in [6.45, 7) is 2.75. The van der Waals surface area contributed by atoms with Crippen LogP contribution in [0.5, 0.6) is 0 Å². The summed E-state index contributed by atoms with van der Waals surface area (Å²) >= 11 is 4.89. The molecule has 0 aliphatic heterocycles. The highest BCUT2D eigenvalue weighted by molar-refractivity contribution is 7.80. The molecule has 0 fully saturated rings. The Morgan fingerprint density at radius 3 is 3.23 bits per heavy atom. The van der Waals surface area contributed by atoms with Crippen LogP contribution in [-0.4, -0.2) is 17.9 Å². The van der Waals surface area contributed by atoms with E-state index in [-0.39, 0.29) is 0 Å². The molecule has 0 radical (unpaired) electrons. The zero-order chi connectivity index (χ0) is 9.52. The van der Waals surface area contributed by atoms with Crippen molar-refractivity contribution in [3.05, 3.63) is 24.2 Å². The van der Waals surface area contributed by atoms with Crippen molar-refractivity contribution >= 4 is 23.5 Å². The molecule has 0 aliphatic carbocycles. The van der Waals surface area contributed by atoms with Crippen LogP contribution in [0.4, 0.5) is 0 Å². The van der Waals surface area contributed by atoms with E-state index in [0.29, 0.717) is 5.11 Å². The Morgan fingerprint density at radius 2 is 2.62 bits per heavy atom. The van der Waals surface area contributed by atoms with Crippen molar-refractivity contribution in [2.75, 3.05) is 6.54 Å². The number of thiocarbonyl (C=S) groups is 1.